The highest BCUT2D eigenvalue weighted by molar-refractivity contribution is 6.18. The van der Waals surface area contributed by atoms with Crippen LogP contribution >= 0.6 is 11.6 Å². The molecular weight excluding hydrogens is 249 g/mol. The molecule has 0 radical (unpaired) electrons. The molecule has 6 heteroatoms. The van der Waals surface area contributed by atoms with E-state index in [9.17, 15) is 9.90 Å². The summed E-state index contributed by atoms with van der Waals surface area (Å²) in [6.45, 7) is 6.59. The Bertz CT molecular complexity index is 259. The van der Waals surface area contributed by atoms with Gasteiger partial charge in [0.25, 0.3) is 0 Å². The Morgan fingerprint density at radius 3 is 2.47 bits per heavy atom. The van der Waals surface area contributed by atoms with Crippen molar-refractivity contribution in [2.75, 3.05) is 39.7 Å². The van der Waals surface area contributed by atoms with Crippen LogP contribution in [0.15, 0.2) is 12.2 Å². The minimum Gasteiger partial charge on any atom is -1.00 e. The molecule has 0 aromatic carbocycles. The summed E-state index contributed by atoms with van der Waals surface area (Å²) in [6, 6.07) is 0. The SMILES string of the molecule is C=C(C)C(=O)OCC[N+](C)(C)CC(O)CCl.[F-]. The van der Waals surface area contributed by atoms with Crippen LogP contribution in [0, 0.1) is 0 Å². The van der Waals surface area contributed by atoms with Gasteiger partial charge in [0.2, 0.25) is 0 Å². The van der Waals surface area contributed by atoms with Crippen molar-refractivity contribution in [2.24, 2.45) is 0 Å². The maximum atomic E-state index is 11.1. The van der Waals surface area contributed by atoms with Gasteiger partial charge in [-0.1, -0.05) is 6.58 Å². The van der Waals surface area contributed by atoms with Crippen LogP contribution in [0.2, 0.25) is 0 Å². The van der Waals surface area contributed by atoms with Gasteiger partial charge < -0.3 is 19.0 Å². The standard InChI is InChI=1S/C11H21ClNO3.FH/c1-9(2)11(15)16-6-5-13(3,4)8-10(14)7-12;/h10,14H,1,5-8H2,2-4H3;1H/q+1;/p-1. The predicted molar refractivity (Wildman–Crippen MR) is 64.3 cm³/mol. The van der Waals surface area contributed by atoms with E-state index in [1.807, 2.05) is 14.1 Å². The fraction of sp³-hybridized carbons (Fsp3) is 0.727. The van der Waals surface area contributed by atoms with Crippen LogP contribution in [0.1, 0.15) is 6.92 Å². The van der Waals surface area contributed by atoms with Crippen molar-refractivity contribution in [3.8, 4) is 0 Å². The summed E-state index contributed by atoms with van der Waals surface area (Å²) in [4.78, 5) is 11.1. The van der Waals surface area contributed by atoms with Crippen LogP contribution in [-0.2, 0) is 9.53 Å². The number of rotatable bonds is 7. The van der Waals surface area contributed by atoms with Crippen molar-refractivity contribution in [3.05, 3.63) is 12.2 Å². The first-order valence-corrected chi connectivity index (χ1v) is 5.70. The van der Waals surface area contributed by atoms with Gasteiger partial charge in [0.15, 0.2) is 0 Å². The van der Waals surface area contributed by atoms with Gasteiger partial charge in [0.05, 0.1) is 20.0 Å². The monoisotopic (exact) mass is 269 g/mol. The highest BCUT2D eigenvalue weighted by atomic mass is 35.5. The number of halogens is 2. The van der Waals surface area contributed by atoms with Crippen molar-refractivity contribution < 1.29 is 23.8 Å². The lowest BCUT2D eigenvalue weighted by Gasteiger charge is -2.31. The number of aliphatic hydroxyl groups is 1. The Morgan fingerprint density at radius 1 is 1.53 bits per heavy atom. The molecule has 1 N–H and O–H groups in total. The zero-order valence-electron chi connectivity index (χ0n) is 10.6. The van der Waals surface area contributed by atoms with Crippen LogP contribution < -0.4 is 4.70 Å². The molecule has 0 aromatic rings. The second-order valence-corrected chi connectivity index (χ2v) is 4.87. The van der Waals surface area contributed by atoms with Crippen LogP contribution in [0.5, 0.6) is 0 Å². The van der Waals surface area contributed by atoms with Gasteiger partial charge in [0.1, 0.15) is 25.8 Å². The molecule has 0 rings (SSSR count). The lowest BCUT2D eigenvalue weighted by molar-refractivity contribution is -0.893. The minimum absolute atomic E-state index is 0. The molecule has 0 fully saturated rings. The molecule has 0 saturated carbocycles. The van der Waals surface area contributed by atoms with E-state index in [4.69, 9.17) is 16.3 Å². The molecule has 102 valence electrons. The van der Waals surface area contributed by atoms with E-state index in [1.54, 1.807) is 6.92 Å². The van der Waals surface area contributed by atoms with Gasteiger partial charge in [-0.2, -0.15) is 0 Å². The molecule has 0 bridgehead atoms. The largest absolute Gasteiger partial charge is 1.00 e. The van der Waals surface area contributed by atoms with E-state index in [2.05, 4.69) is 6.58 Å². The normalized spacial score (nSPS) is 12.5. The maximum absolute atomic E-state index is 11.1. The first-order chi connectivity index (χ1) is 7.28. The molecule has 0 aliphatic carbocycles. The molecule has 4 nitrogen and oxygen atoms in total. The van der Waals surface area contributed by atoms with Gasteiger partial charge in [-0.3, -0.25) is 0 Å². The number of carbonyl (C=O) groups is 1. The summed E-state index contributed by atoms with van der Waals surface area (Å²) in [5.41, 5.74) is 0.395. The van der Waals surface area contributed by atoms with E-state index < -0.39 is 6.10 Å². The van der Waals surface area contributed by atoms with Crippen LogP contribution in [0.3, 0.4) is 0 Å². The Hall–Kier alpha value is -0.650. The number of ether oxygens (including phenoxy) is 1. The molecule has 0 amide bonds. The van der Waals surface area contributed by atoms with E-state index in [1.165, 1.54) is 0 Å². The van der Waals surface area contributed by atoms with Crippen molar-refractivity contribution >= 4 is 17.6 Å². The third kappa shape index (κ3) is 9.09. The molecule has 1 atom stereocenters. The summed E-state index contributed by atoms with van der Waals surface area (Å²) in [5, 5.41) is 9.42. The number of aliphatic hydroxyl groups excluding tert-OH is 1. The number of esters is 1. The number of likely N-dealkylation sites (N-methyl/N-ethyl adjacent to an activating group) is 1. The van der Waals surface area contributed by atoms with Crippen molar-refractivity contribution in [2.45, 2.75) is 13.0 Å². The average Bonchev–Trinajstić information content (AvgIpc) is 2.16. The molecule has 0 spiro atoms. The number of nitrogens with zero attached hydrogens (tertiary/aromatic N) is 1. The second kappa shape index (κ2) is 8.44. The molecule has 0 aliphatic rings. The quantitative estimate of drug-likeness (QED) is 0.247. The van der Waals surface area contributed by atoms with E-state index in [0.29, 0.717) is 29.8 Å². The summed E-state index contributed by atoms with van der Waals surface area (Å²) in [5.74, 6) is -0.161. The number of hydrogen-bond acceptors (Lipinski definition) is 3. The van der Waals surface area contributed by atoms with E-state index >= 15 is 0 Å². The van der Waals surface area contributed by atoms with E-state index in [-0.39, 0.29) is 16.6 Å². The molecule has 0 aromatic heterocycles. The third-order valence-electron chi connectivity index (χ3n) is 2.16. The van der Waals surface area contributed by atoms with Gasteiger partial charge >= 0.3 is 5.97 Å². The minimum atomic E-state index is -0.534. The number of carbonyl (C=O) groups excluding carboxylic acids is 1. The molecule has 0 heterocycles. The second-order valence-electron chi connectivity index (χ2n) is 4.57. The van der Waals surface area contributed by atoms with Crippen molar-refractivity contribution in [1.29, 1.82) is 0 Å². The van der Waals surface area contributed by atoms with Crippen LogP contribution in [-0.4, -0.2) is 61.3 Å². The Kier molecular flexibility index (Phi) is 9.29. The fourth-order valence-electron chi connectivity index (χ4n) is 1.22. The highest BCUT2D eigenvalue weighted by Gasteiger charge is 2.20. The first-order valence-electron chi connectivity index (χ1n) is 5.17. The van der Waals surface area contributed by atoms with Gasteiger partial charge in [-0.25, -0.2) is 4.79 Å². The number of hydrogen-bond donors (Lipinski definition) is 1. The zero-order chi connectivity index (χ0) is 12.8. The molecule has 17 heavy (non-hydrogen) atoms. The Labute approximate surface area is 107 Å². The molecule has 0 aliphatic heterocycles. The third-order valence-corrected chi connectivity index (χ3v) is 2.52. The number of quaternary nitrogens is 1. The predicted octanol–water partition coefficient (Wildman–Crippen LogP) is -2.21. The van der Waals surface area contributed by atoms with Crippen LogP contribution in [0.4, 0.5) is 0 Å². The van der Waals surface area contributed by atoms with Crippen molar-refractivity contribution in [3.63, 3.8) is 0 Å². The summed E-state index contributed by atoms with van der Waals surface area (Å²) < 4.78 is 5.54. The highest BCUT2D eigenvalue weighted by Crippen LogP contribution is 2.02. The van der Waals surface area contributed by atoms with Gasteiger partial charge in [0, 0.05) is 5.57 Å². The fourth-order valence-corrected chi connectivity index (χ4v) is 1.32. The lowest BCUT2D eigenvalue weighted by atomic mass is 10.3. The van der Waals surface area contributed by atoms with Crippen LogP contribution in [0.25, 0.3) is 0 Å². The molecular formula is C11H21ClFNO3. The maximum Gasteiger partial charge on any atom is 0.333 e. The van der Waals surface area contributed by atoms with Crippen molar-refractivity contribution in [1.82, 2.24) is 0 Å². The summed E-state index contributed by atoms with van der Waals surface area (Å²) in [6.07, 6.45) is -0.534. The average molecular weight is 270 g/mol. The van der Waals surface area contributed by atoms with E-state index in [0.717, 1.165) is 0 Å². The number of alkyl halides is 1. The first kappa shape index (κ1) is 18.7. The topological polar surface area (TPSA) is 46.5 Å². The Balaban J connectivity index is 0. The Morgan fingerprint density at radius 2 is 2.06 bits per heavy atom. The summed E-state index contributed by atoms with van der Waals surface area (Å²) >= 11 is 5.53. The van der Waals surface area contributed by atoms with Gasteiger partial charge in [-0.05, 0) is 6.92 Å². The lowest BCUT2D eigenvalue weighted by Crippen LogP contribution is -3.00. The van der Waals surface area contributed by atoms with Gasteiger partial charge in [-0.15, -0.1) is 11.6 Å². The zero-order valence-corrected chi connectivity index (χ0v) is 11.3. The molecule has 0 saturated heterocycles. The molecule has 1 unspecified atom stereocenters. The smallest absolute Gasteiger partial charge is 0.333 e. The summed E-state index contributed by atoms with van der Waals surface area (Å²) in [7, 11) is 3.90.